The molecule has 0 unspecified atom stereocenters. The fourth-order valence-corrected chi connectivity index (χ4v) is 4.61. The summed E-state index contributed by atoms with van der Waals surface area (Å²) in [5.41, 5.74) is 1.94. The first-order valence-electron chi connectivity index (χ1n) is 6.33. The SMILES string of the molecule is Fc1ccc(CC(CBr)(CBr)c2cccc(Cl)c2)cc1Cl. The van der Waals surface area contributed by atoms with E-state index in [9.17, 15) is 4.39 Å². The van der Waals surface area contributed by atoms with Gasteiger partial charge in [0.2, 0.25) is 0 Å². The van der Waals surface area contributed by atoms with Gasteiger partial charge in [-0.05, 0) is 41.8 Å². The Morgan fingerprint density at radius 2 is 1.71 bits per heavy atom. The summed E-state index contributed by atoms with van der Waals surface area (Å²) in [6.07, 6.45) is 0.726. The van der Waals surface area contributed by atoms with E-state index in [1.165, 1.54) is 6.07 Å². The zero-order chi connectivity index (χ0) is 15.5. The zero-order valence-corrected chi connectivity index (χ0v) is 15.7. The van der Waals surface area contributed by atoms with Crippen LogP contribution in [-0.4, -0.2) is 10.7 Å². The van der Waals surface area contributed by atoms with Crippen molar-refractivity contribution in [2.45, 2.75) is 11.8 Å². The predicted molar refractivity (Wildman–Crippen MR) is 95.8 cm³/mol. The molecule has 0 saturated heterocycles. The molecule has 2 aromatic rings. The fraction of sp³-hybridized carbons (Fsp3) is 0.250. The van der Waals surface area contributed by atoms with Gasteiger partial charge >= 0.3 is 0 Å². The van der Waals surface area contributed by atoms with Gasteiger partial charge in [-0.1, -0.05) is 73.3 Å². The first-order chi connectivity index (χ1) is 10.0. The summed E-state index contributed by atoms with van der Waals surface area (Å²) in [6.45, 7) is 0. The van der Waals surface area contributed by atoms with E-state index in [4.69, 9.17) is 23.2 Å². The van der Waals surface area contributed by atoms with Gasteiger partial charge in [-0.2, -0.15) is 0 Å². The number of alkyl halides is 2. The molecule has 0 nitrogen and oxygen atoms in total. The predicted octanol–water partition coefficient (Wildman–Crippen LogP) is 6.40. The minimum atomic E-state index is -0.397. The summed E-state index contributed by atoms with van der Waals surface area (Å²) >= 11 is 19.2. The lowest BCUT2D eigenvalue weighted by Gasteiger charge is -2.31. The fourth-order valence-electron chi connectivity index (χ4n) is 2.25. The molecule has 112 valence electrons. The summed E-state index contributed by atoms with van der Waals surface area (Å²) < 4.78 is 13.3. The van der Waals surface area contributed by atoms with Gasteiger partial charge in [-0.3, -0.25) is 0 Å². The van der Waals surface area contributed by atoms with E-state index in [0.717, 1.165) is 28.2 Å². The third-order valence-electron chi connectivity index (χ3n) is 3.48. The third-order valence-corrected chi connectivity index (χ3v) is 6.15. The maximum atomic E-state index is 13.3. The van der Waals surface area contributed by atoms with Crippen molar-refractivity contribution in [1.29, 1.82) is 0 Å². The molecule has 0 aliphatic heterocycles. The second-order valence-electron chi connectivity index (χ2n) is 4.98. The lowest BCUT2D eigenvalue weighted by Crippen LogP contribution is -2.33. The first kappa shape index (κ1) is 17.3. The number of hydrogen-bond acceptors (Lipinski definition) is 0. The van der Waals surface area contributed by atoms with E-state index in [1.807, 2.05) is 18.2 Å². The van der Waals surface area contributed by atoms with E-state index in [1.54, 1.807) is 12.1 Å². The summed E-state index contributed by atoms with van der Waals surface area (Å²) in [6, 6.07) is 12.7. The van der Waals surface area contributed by atoms with Crippen LogP contribution in [0.2, 0.25) is 10.0 Å². The maximum Gasteiger partial charge on any atom is 0.141 e. The molecule has 0 N–H and O–H groups in total. The zero-order valence-electron chi connectivity index (χ0n) is 11.1. The minimum Gasteiger partial charge on any atom is -0.205 e. The topological polar surface area (TPSA) is 0 Å². The van der Waals surface area contributed by atoms with Gasteiger partial charge in [0.05, 0.1) is 5.02 Å². The van der Waals surface area contributed by atoms with Crippen molar-refractivity contribution in [2.24, 2.45) is 0 Å². The van der Waals surface area contributed by atoms with E-state index in [2.05, 4.69) is 37.9 Å². The van der Waals surface area contributed by atoms with Gasteiger partial charge in [0, 0.05) is 21.1 Å². The molecule has 0 aliphatic rings. The largest absolute Gasteiger partial charge is 0.205 e. The molecule has 5 heteroatoms. The second kappa shape index (κ2) is 7.45. The monoisotopic (exact) mass is 452 g/mol. The Morgan fingerprint density at radius 3 is 2.29 bits per heavy atom. The Bertz CT molecular complexity index is 627. The molecule has 0 radical (unpaired) electrons. The molecule has 0 amide bonds. The Hall–Kier alpha value is -0.0900. The van der Waals surface area contributed by atoms with Crippen molar-refractivity contribution in [3.8, 4) is 0 Å². The average molecular weight is 455 g/mol. The molecule has 0 fully saturated rings. The Labute approximate surface area is 150 Å². The normalized spacial score (nSPS) is 11.7. The molecule has 0 bridgehead atoms. The highest BCUT2D eigenvalue weighted by Gasteiger charge is 2.31. The molecule has 21 heavy (non-hydrogen) atoms. The van der Waals surface area contributed by atoms with Gasteiger partial charge < -0.3 is 0 Å². The Kier molecular flexibility index (Phi) is 6.13. The van der Waals surface area contributed by atoms with Crippen molar-refractivity contribution < 1.29 is 4.39 Å². The van der Waals surface area contributed by atoms with Gasteiger partial charge in [-0.15, -0.1) is 0 Å². The average Bonchev–Trinajstić information content (AvgIpc) is 2.48. The van der Waals surface area contributed by atoms with Crippen LogP contribution in [0.1, 0.15) is 11.1 Å². The van der Waals surface area contributed by atoms with E-state index in [0.29, 0.717) is 5.02 Å². The molecule has 2 rings (SSSR count). The molecule has 0 spiro atoms. The van der Waals surface area contributed by atoms with Crippen molar-refractivity contribution in [1.82, 2.24) is 0 Å². The molecule has 0 atom stereocenters. The van der Waals surface area contributed by atoms with Crippen molar-refractivity contribution in [3.63, 3.8) is 0 Å². The van der Waals surface area contributed by atoms with Crippen LogP contribution in [0, 0.1) is 5.82 Å². The first-order valence-corrected chi connectivity index (χ1v) is 9.32. The molecule has 0 aliphatic carbocycles. The van der Waals surface area contributed by atoms with E-state index < -0.39 is 5.82 Å². The van der Waals surface area contributed by atoms with Gasteiger partial charge in [0.25, 0.3) is 0 Å². The summed E-state index contributed by atoms with van der Waals surface area (Å²) in [5.74, 6) is -0.397. The second-order valence-corrected chi connectivity index (χ2v) is 6.95. The lowest BCUT2D eigenvalue weighted by molar-refractivity contribution is 0.549. The standard InChI is InChI=1S/C16H13Br2Cl2F/c17-9-16(10-18,12-2-1-3-13(19)7-12)8-11-4-5-15(21)14(20)6-11/h1-7H,8-10H2. The van der Waals surface area contributed by atoms with Crippen molar-refractivity contribution in [3.05, 3.63) is 69.5 Å². The quantitative estimate of drug-likeness (QED) is 0.458. The highest BCUT2D eigenvalue weighted by Crippen LogP contribution is 2.34. The smallest absolute Gasteiger partial charge is 0.141 e. The highest BCUT2D eigenvalue weighted by atomic mass is 79.9. The molecular weight excluding hydrogens is 442 g/mol. The summed E-state index contributed by atoms with van der Waals surface area (Å²) in [4.78, 5) is 0. The summed E-state index contributed by atoms with van der Waals surface area (Å²) in [7, 11) is 0. The minimum absolute atomic E-state index is 0.150. The van der Waals surface area contributed by atoms with Gasteiger partial charge in [-0.25, -0.2) is 4.39 Å². The molecule has 0 heterocycles. The third kappa shape index (κ3) is 4.01. The number of halogens is 5. The van der Waals surface area contributed by atoms with Crippen LogP contribution in [0.5, 0.6) is 0 Å². The van der Waals surface area contributed by atoms with Crippen LogP contribution in [0.3, 0.4) is 0 Å². The molecule has 0 aromatic heterocycles. The number of rotatable bonds is 5. The highest BCUT2D eigenvalue weighted by molar-refractivity contribution is 9.09. The Morgan fingerprint density at radius 1 is 1.00 bits per heavy atom. The van der Waals surface area contributed by atoms with E-state index in [-0.39, 0.29) is 10.4 Å². The van der Waals surface area contributed by atoms with Crippen LogP contribution in [0.25, 0.3) is 0 Å². The van der Waals surface area contributed by atoms with Crippen LogP contribution in [0.4, 0.5) is 4.39 Å². The Balaban J connectivity index is 2.40. The van der Waals surface area contributed by atoms with Crippen LogP contribution >= 0.6 is 55.1 Å². The number of hydrogen-bond donors (Lipinski definition) is 0. The van der Waals surface area contributed by atoms with Crippen LogP contribution in [0.15, 0.2) is 42.5 Å². The summed E-state index contributed by atoms with van der Waals surface area (Å²) in [5, 5.41) is 2.36. The van der Waals surface area contributed by atoms with Gasteiger partial charge in [0.15, 0.2) is 0 Å². The van der Waals surface area contributed by atoms with E-state index >= 15 is 0 Å². The lowest BCUT2D eigenvalue weighted by atomic mass is 9.79. The number of benzene rings is 2. The van der Waals surface area contributed by atoms with Crippen LogP contribution < -0.4 is 0 Å². The molecule has 0 saturated carbocycles. The molecular formula is C16H13Br2Cl2F. The molecule has 2 aromatic carbocycles. The van der Waals surface area contributed by atoms with Gasteiger partial charge in [0.1, 0.15) is 5.82 Å². The van der Waals surface area contributed by atoms with Crippen molar-refractivity contribution in [2.75, 3.05) is 10.7 Å². The van der Waals surface area contributed by atoms with Crippen LogP contribution in [-0.2, 0) is 11.8 Å². The van der Waals surface area contributed by atoms with Crippen molar-refractivity contribution >= 4 is 55.1 Å². The maximum absolute atomic E-state index is 13.3.